The van der Waals surface area contributed by atoms with E-state index in [0.717, 1.165) is 31.9 Å². The molecule has 1 aromatic heterocycles. The molecule has 2 heterocycles. The van der Waals surface area contributed by atoms with Gasteiger partial charge in [0.05, 0.1) is 23.1 Å². The molecule has 1 atom stereocenters. The Labute approximate surface area is 114 Å². The third kappa shape index (κ3) is 2.87. The van der Waals surface area contributed by atoms with E-state index in [2.05, 4.69) is 23.7 Å². The number of nitrogen functional groups attached to an aromatic ring is 1. The largest absolute Gasteiger partial charge is 0.397 e. The van der Waals surface area contributed by atoms with Gasteiger partial charge in [0.1, 0.15) is 0 Å². The van der Waals surface area contributed by atoms with E-state index in [1.165, 1.54) is 0 Å². The first kappa shape index (κ1) is 13.8. The number of aromatic nitrogens is 1. The van der Waals surface area contributed by atoms with Gasteiger partial charge in [-0.05, 0) is 26.5 Å². The van der Waals surface area contributed by atoms with Crippen molar-refractivity contribution in [2.75, 3.05) is 31.9 Å². The number of rotatable bonds is 2. The highest BCUT2D eigenvalue weighted by atomic mass is 16.2. The number of carbonyl (C=O) groups excluding carboxylic acids is 1. The maximum absolute atomic E-state index is 12.5. The van der Waals surface area contributed by atoms with Gasteiger partial charge in [-0.25, -0.2) is 0 Å². The molecule has 5 heteroatoms. The molecular weight excluding hydrogens is 240 g/mol. The van der Waals surface area contributed by atoms with Crippen LogP contribution in [-0.2, 0) is 0 Å². The molecule has 1 amide bonds. The lowest BCUT2D eigenvalue weighted by Crippen LogP contribution is -2.53. The van der Waals surface area contributed by atoms with Crippen LogP contribution < -0.4 is 5.73 Å². The fraction of sp³-hybridized carbons (Fsp3) is 0.571. The fourth-order valence-corrected chi connectivity index (χ4v) is 2.59. The van der Waals surface area contributed by atoms with Crippen LogP contribution in [0.1, 0.15) is 29.9 Å². The Hall–Kier alpha value is -1.62. The van der Waals surface area contributed by atoms with Crippen LogP contribution in [-0.4, -0.2) is 52.9 Å². The number of anilines is 1. The average molecular weight is 262 g/mol. The molecule has 0 bridgehead atoms. The van der Waals surface area contributed by atoms with E-state index in [0.29, 0.717) is 17.3 Å². The Morgan fingerprint density at radius 3 is 2.89 bits per heavy atom. The normalized spacial score (nSPS) is 20.6. The van der Waals surface area contributed by atoms with Crippen molar-refractivity contribution in [1.29, 1.82) is 0 Å². The molecule has 0 spiro atoms. The number of amides is 1. The molecular formula is C14H22N4O. The predicted molar refractivity (Wildman–Crippen MR) is 76.0 cm³/mol. The highest BCUT2D eigenvalue weighted by Crippen LogP contribution is 2.16. The van der Waals surface area contributed by atoms with Crippen LogP contribution >= 0.6 is 0 Å². The molecule has 0 radical (unpaired) electrons. The number of nitrogens with two attached hydrogens (primary N) is 1. The van der Waals surface area contributed by atoms with Gasteiger partial charge in [-0.2, -0.15) is 0 Å². The lowest BCUT2D eigenvalue weighted by atomic mass is 10.1. The average Bonchev–Trinajstić information content (AvgIpc) is 2.40. The predicted octanol–water partition coefficient (Wildman–Crippen LogP) is 1.14. The minimum Gasteiger partial charge on any atom is -0.397 e. The van der Waals surface area contributed by atoms with Crippen LogP contribution in [0, 0.1) is 6.92 Å². The lowest BCUT2D eigenvalue weighted by Gasteiger charge is -2.39. The van der Waals surface area contributed by atoms with E-state index in [9.17, 15) is 4.79 Å². The SMILES string of the molecule is CCN1CCN(C(=O)c2cc(N)cnc2C)CC1C. The van der Waals surface area contributed by atoms with Crippen molar-refractivity contribution in [2.24, 2.45) is 0 Å². The molecule has 19 heavy (non-hydrogen) atoms. The quantitative estimate of drug-likeness (QED) is 0.868. The van der Waals surface area contributed by atoms with Crippen molar-refractivity contribution in [2.45, 2.75) is 26.8 Å². The van der Waals surface area contributed by atoms with Crippen LogP contribution in [0.3, 0.4) is 0 Å². The first-order chi connectivity index (χ1) is 9.02. The zero-order chi connectivity index (χ0) is 14.0. The number of pyridine rings is 1. The number of hydrogen-bond donors (Lipinski definition) is 1. The summed E-state index contributed by atoms with van der Waals surface area (Å²) < 4.78 is 0. The summed E-state index contributed by atoms with van der Waals surface area (Å²) in [6.07, 6.45) is 1.59. The second-order valence-electron chi connectivity index (χ2n) is 5.13. The number of hydrogen-bond acceptors (Lipinski definition) is 4. The van der Waals surface area contributed by atoms with Crippen molar-refractivity contribution in [1.82, 2.24) is 14.8 Å². The first-order valence-electron chi connectivity index (χ1n) is 6.78. The fourth-order valence-electron chi connectivity index (χ4n) is 2.59. The van der Waals surface area contributed by atoms with Gasteiger partial charge in [0.2, 0.25) is 0 Å². The molecule has 1 aromatic rings. The summed E-state index contributed by atoms with van der Waals surface area (Å²) in [4.78, 5) is 21.0. The highest BCUT2D eigenvalue weighted by Gasteiger charge is 2.27. The van der Waals surface area contributed by atoms with Gasteiger partial charge in [-0.15, -0.1) is 0 Å². The van der Waals surface area contributed by atoms with Crippen molar-refractivity contribution >= 4 is 11.6 Å². The van der Waals surface area contributed by atoms with Crippen LogP contribution in [0.4, 0.5) is 5.69 Å². The second kappa shape index (κ2) is 5.57. The van der Waals surface area contributed by atoms with E-state index >= 15 is 0 Å². The van der Waals surface area contributed by atoms with Crippen LogP contribution in [0.15, 0.2) is 12.3 Å². The van der Waals surface area contributed by atoms with Crippen LogP contribution in [0.25, 0.3) is 0 Å². The van der Waals surface area contributed by atoms with Crippen molar-refractivity contribution in [3.05, 3.63) is 23.5 Å². The highest BCUT2D eigenvalue weighted by molar-refractivity contribution is 5.96. The molecule has 0 aliphatic carbocycles. The number of aryl methyl sites for hydroxylation is 1. The van der Waals surface area contributed by atoms with E-state index < -0.39 is 0 Å². The molecule has 1 aliphatic rings. The Morgan fingerprint density at radius 1 is 1.53 bits per heavy atom. The number of carbonyl (C=O) groups is 1. The standard InChI is InChI=1S/C14H22N4O/c1-4-17-5-6-18(9-10(17)2)14(19)13-7-12(15)8-16-11(13)3/h7-8,10H,4-6,9,15H2,1-3H3. The Balaban J connectivity index is 2.14. The van der Waals surface area contributed by atoms with E-state index in [1.807, 2.05) is 11.8 Å². The molecule has 2 N–H and O–H groups in total. The van der Waals surface area contributed by atoms with Crippen molar-refractivity contribution < 1.29 is 4.79 Å². The summed E-state index contributed by atoms with van der Waals surface area (Å²) in [6, 6.07) is 2.12. The summed E-state index contributed by atoms with van der Waals surface area (Å²) in [5.74, 6) is 0.0416. The maximum atomic E-state index is 12.5. The summed E-state index contributed by atoms with van der Waals surface area (Å²) in [6.45, 7) is 9.65. The lowest BCUT2D eigenvalue weighted by molar-refractivity contribution is 0.0527. The van der Waals surface area contributed by atoms with E-state index in [4.69, 9.17) is 5.73 Å². The molecule has 2 rings (SSSR count). The number of nitrogens with zero attached hydrogens (tertiary/aromatic N) is 3. The van der Waals surface area contributed by atoms with Crippen LogP contribution in [0.5, 0.6) is 0 Å². The van der Waals surface area contributed by atoms with Gasteiger partial charge in [0.25, 0.3) is 5.91 Å². The Bertz CT molecular complexity index is 475. The molecule has 1 saturated heterocycles. The molecule has 104 valence electrons. The summed E-state index contributed by atoms with van der Waals surface area (Å²) in [5.41, 5.74) is 7.62. The summed E-state index contributed by atoms with van der Waals surface area (Å²) in [5, 5.41) is 0. The third-order valence-electron chi connectivity index (χ3n) is 3.80. The zero-order valence-electron chi connectivity index (χ0n) is 11.9. The van der Waals surface area contributed by atoms with Gasteiger partial charge in [-0.1, -0.05) is 6.92 Å². The van der Waals surface area contributed by atoms with Gasteiger partial charge in [0.15, 0.2) is 0 Å². The molecule has 1 unspecified atom stereocenters. The Kier molecular flexibility index (Phi) is 4.04. The second-order valence-corrected chi connectivity index (χ2v) is 5.13. The minimum absolute atomic E-state index is 0.0416. The molecule has 5 nitrogen and oxygen atoms in total. The molecule has 1 fully saturated rings. The first-order valence-corrected chi connectivity index (χ1v) is 6.78. The molecule has 0 aromatic carbocycles. The zero-order valence-corrected chi connectivity index (χ0v) is 11.9. The van der Waals surface area contributed by atoms with Crippen LogP contribution in [0.2, 0.25) is 0 Å². The monoisotopic (exact) mass is 262 g/mol. The molecule has 0 saturated carbocycles. The van der Waals surface area contributed by atoms with Gasteiger partial charge < -0.3 is 10.6 Å². The topological polar surface area (TPSA) is 62.5 Å². The van der Waals surface area contributed by atoms with Gasteiger partial charge >= 0.3 is 0 Å². The summed E-state index contributed by atoms with van der Waals surface area (Å²) >= 11 is 0. The minimum atomic E-state index is 0.0416. The summed E-state index contributed by atoms with van der Waals surface area (Å²) in [7, 11) is 0. The number of likely N-dealkylation sites (N-methyl/N-ethyl adjacent to an activating group) is 1. The van der Waals surface area contributed by atoms with E-state index in [1.54, 1.807) is 12.3 Å². The Morgan fingerprint density at radius 2 is 2.26 bits per heavy atom. The van der Waals surface area contributed by atoms with Gasteiger partial charge in [0, 0.05) is 25.7 Å². The number of piperazine rings is 1. The smallest absolute Gasteiger partial charge is 0.255 e. The van der Waals surface area contributed by atoms with Crippen molar-refractivity contribution in [3.8, 4) is 0 Å². The van der Waals surface area contributed by atoms with Gasteiger partial charge in [-0.3, -0.25) is 14.7 Å². The third-order valence-corrected chi connectivity index (χ3v) is 3.80. The van der Waals surface area contributed by atoms with Crippen molar-refractivity contribution in [3.63, 3.8) is 0 Å². The van der Waals surface area contributed by atoms with E-state index in [-0.39, 0.29) is 5.91 Å². The maximum Gasteiger partial charge on any atom is 0.255 e. The molecule has 1 aliphatic heterocycles.